The first-order valence-electron chi connectivity index (χ1n) is 8.44. The molecule has 0 bridgehead atoms. The maximum absolute atomic E-state index is 11.6. The molecule has 1 aliphatic heterocycles. The third-order valence-corrected chi connectivity index (χ3v) is 7.01. The predicted octanol–water partition coefficient (Wildman–Crippen LogP) is 2.84. The highest BCUT2D eigenvalue weighted by Gasteiger charge is 2.44. The number of nitrogens with zero attached hydrogens (tertiary/aromatic N) is 1. The predicted molar refractivity (Wildman–Crippen MR) is 117 cm³/mol. The minimum atomic E-state index is -2.89. The Morgan fingerprint density at radius 3 is 2.72 bits per heavy atom. The summed E-state index contributed by atoms with van der Waals surface area (Å²) in [6, 6.07) is 8.41. The van der Waals surface area contributed by atoms with Crippen molar-refractivity contribution in [1.82, 2.24) is 10.6 Å². The standard InChI is InChI=1S/C17H24BrN3O2S.HI/c1-2-19-16(21-15-6-9-24(22,23)11-15)20-12-17(7-8-17)13-4-3-5-14(18)10-13;/h3-5,10,15H,2,6-9,11-12H2,1H3,(H2,19,20,21);1H. The Kier molecular flexibility index (Phi) is 7.17. The van der Waals surface area contributed by atoms with Gasteiger partial charge in [0.1, 0.15) is 0 Å². The van der Waals surface area contributed by atoms with Crippen molar-refractivity contribution in [3.8, 4) is 0 Å². The van der Waals surface area contributed by atoms with E-state index in [1.54, 1.807) is 0 Å². The molecule has 5 nitrogen and oxygen atoms in total. The molecule has 1 aromatic rings. The second-order valence-corrected chi connectivity index (χ2v) is 9.87. The third kappa shape index (κ3) is 5.56. The highest BCUT2D eigenvalue weighted by atomic mass is 127. The number of nitrogens with one attached hydrogen (secondary N) is 2. The minimum Gasteiger partial charge on any atom is -0.357 e. The van der Waals surface area contributed by atoms with E-state index in [1.807, 2.05) is 13.0 Å². The van der Waals surface area contributed by atoms with E-state index in [2.05, 4.69) is 44.8 Å². The first-order valence-corrected chi connectivity index (χ1v) is 11.1. The number of rotatable bonds is 5. The molecule has 2 aliphatic rings. The normalized spacial score (nSPS) is 23.6. The SMILES string of the molecule is CCNC(=NCC1(c2cccc(Br)c2)CC1)NC1CCS(=O)(=O)C1.I. The van der Waals surface area contributed by atoms with Gasteiger partial charge >= 0.3 is 0 Å². The molecule has 2 fully saturated rings. The summed E-state index contributed by atoms with van der Waals surface area (Å²) >= 11 is 3.54. The largest absolute Gasteiger partial charge is 0.357 e. The molecule has 1 heterocycles. The van der Waals surface area contributed by atoms with Crippen molar-refractivity contribution >= 4 is 55.7 Å². The molecule has 1 saturated heterocycles. The maximum Gasteiger partial charge on any atom is 0.191 e. The van der Waals surface area contributed by atoms with Crippen LogP contribution in [0.5, 0.6) is 0 Å². The van der Waals surface area contributed by atoms with Gasteiger partial charge in [-0.05, 0) is 43.9 Å². The molecule has 0 spiro atoms. The van der Waals surface area contributed by atoms with Gasteiger partial charge in [0.25, 0.3) is 0 Å². The smallest absolute Gasteiger partial charge is 0.191 e. The molecular weight excluding hydrogens is 517 g/mol. The van der Waals surface area contributed by atoms with Crippen molar-refractivity contribution in [3.05, 3.63) is 34.3 Å². The van der Waals surface area contributed by atoms with E-state index in [-0.39, 0.29) is 46.9 Å². The number of hydrogen-bond acceptors (Lipinski definition) is 3. The number of sulfone groups is 1. The van der Waals surface area contributed by atoms with E-state index in [0.717, 1.165) is 36.4 Å². The number of guanidine groups is 1. The lowest BCUT2D eigenvalue weighted by Crippen LogP contribution is -2.44. The van der Waals surface area contributed by atoms with E-state index < -0.39 is 9.84 Å². The van der Waals surface area contributed by atoms with Crippen LogP contribution >= 0.6 is 39.9 Å². The molecule has 8 heteroatoms. The zero-order valence-corrected chi connectivity index (χ0v) is 19.0. The third-order valence-electron chi connectivity index (χ3n) is 4.75. The Bertz CT molecular complexity index is 735. The number of benzene rings is 1. The van der Waals surface area contributed by atoms with Gasteiger partial charge in [-0.15, -0.1) is 24.0 Å². The Morgan fingerprint density at radius 2 is 2.16 bits per heavy atom. The van der Waals surface area contributed by atoms with Crippen molar-refractivity contribution in [1.29, 1.82) is 0 Å². The fourth-order valence-corrected chi connectivity index (χ4v) is 5.23. The Balaban J connectivity index is 0.00000225. The second-order valence-electron chi connectivity index (χ2n) is 6.73. The number of aliphatic imine (C=N–C) groups is 1. The van der Waals surface area contributed by atoms with E-state index >= 15 is 0 Å². The van der Waals surface area contributed by atoms with Crippen LogP contribution in [0.3, 0.4) is 0 Å². The van der Waals surface area contributed by atoms with Gasteiger partial charge in [-0.25, -0.2) is 8.42 Å². The zero-order valence-electron chi connectivity index (χ0n) is 14.3. The average Bonchev–Trinajstić information content (AvgIpc) is 3.24. The van der Waals surface area contributed by atoms with Crippen LogP contribution in [0.2, 0.25) is 0 Å². The van der Waals surface area contributed by atoms with Crippen LogP contribution in [0.15, 0.2) is 33.7 Å². The van der Waals surface area contributed by atoms with Gasteiger partial charge in [-0.2, -0.15) is 0 Å². The zero-order chi connectivity index (χ0) is 17.2. The van der Waals surface area contributed by atoms with Crippen molar-refractivity contribution in [2.45, 2.75) is 37.6 Å². The molecule has 2 N–H and O–H groups in total. The summed E-state index contributed by atoms with van der Waals surface area (Å²) in [5.41, 5.74) is 1.45. The number of halogens is 2. The van der Waals surface area contributed by atoms with E-state index in [0.29, 0.717) is 6.42 Å². The first-order chi connectivity index (χ1) is 11.4. The van der Waals surface area contributed by atoms with Crippen LogP contribution in [-0.4, -0.2) is 45.0 Å². The molecule has 1 atom stereocenters. The second kappa shape index (κ2) is 8.56. The van der Waals surface area contributed by atoms with Gasteiger partial charge in [-0.1, -0.05) is 28.1 Å². The van der Waals surface area contributed by atoms with E-state index in [4.69, 9.17) is 4.99 Å². The molecule has 3 rings (SSSR count). The quantitative estimate of drug-likeness (QED) is 0.341. The van der Waals surface area contributed by atoms with Gasteiger partial charge in [-0.3, -0.25) is 4.99 Å². The molecule has 1 saturated carbocycles. The summed E-state index contributed by atoms with van der Waals surface area (Å²) in [6.45, 7) is 3.50. The van der Waals surface area contributed by atoms with Crippen molar-refractivity contribution in [3.63, 3.8) is 0 Å². The minimum absolute atomic E-state index is 0. The fourth-order valence-electron chi connectivity index (χ4n) is 3.16. The lowest BCUT2D eigenvalue weighted by molar-refractivity contribution is 0.599. The summed E-state index contributed by atoms with van der Waals surface area (Å²) in [4.78, 5) is 4.75. The summed E-state index contributed by atoms with van der Waals surface area (Å²) in [5, 5.41) is 6.52. The molecule has 140 valence electrons. The highest BCUT2D eigenvalue weighted by molar-refractivity contribution is 14.0. The van der Waals surface area contributed by atoms with Crippen LogP contribution in [0.25, 0.3) is 0 Å². The van der Waals surface area contributed by atoms with Gasteiger partial charge < -0.3 is 10.6 Å². The summed E-state index contributed by atoms with van der Waals surface area (Å²) < 4.78 is 24.3. The van der Waals surface area contributed by atoms with E-state index in [1.165, 1.54) is 5.56 Å². The van der Waals surface area contributed by atoms with Crippen LogP contribution in [-0.2, 0) is 15.3 Å². The topological polar surface area (TPSA) is 70.6 Å². The Hall–Kier alpha value is -0.350. The monoisotopic (exact) mass is 541 g/mol. The van der Waals surface area contributed by atoms with Gasteiger partial charge in [0.05, 0.1) is 18.1 Å². The average molecular weight is 542 g/mol. The Morgan fingerprint density at radius 1 is 1.40 bits per heavy atom. The fraction of sp³-hybridized carbons (Fsp3) is 0.588. The molecule has 0 radical (unpaired) electrons. The Labute approximate surface area is 175 Å². The van der Waals surface area contributed by atoms with Crippen molar-refractivity contribution in [2.24, 2.45) is 4.99 Å². The molecule has 1 aliphatic carbocycles. The van der Waals surface area contributed by atoms with Gasteiger partial charge in [0.15, 0.2) is 15.8 Å². The molecule has 1 aromatic carbocycles. The lowest BCUT2D eigenvalue weighted by atomic mass is 9.96. The van der Waals surface area contributed by atoms with Crippen LogP contribution in [0.1, 0.15) is 31.7 Å². The molecule has 0 amide bonds. The van der Waals surface area contributed by atoms with Crippen LogP contribution in [0, 0.1) is 0 Å². The highest BCUT2D eigenvalue weighted by Crippen LogP contribution is 2.48. The van der Waals surface area contributed by atoms with E-state index in [9.17, 15) is 8.42 Å². The summed E-state index contributed by atoms with van der Waals surface area (Å²) in [7, 11) is -2.89. The maximum atomic E-state index is 11.6. The molecule has 0 aromatic heterocycles. The molecular formula is C17H25BrIN3O2S. The van der Waals surface area contributed by atoms with Gasteiger partial charge in [0.2, 0.25) is 0 Å². The first kappa shape index (κ1) is 21.0. The number of hydrogen-bond donors (Lipinski definition) is 2. The van der Waals surface area contributed by atoms with Crippen molar-refractivity contribution < 1.29 is 8.42 Å². The lowest BCUT2D eigenvalue weighted by Gasteiger charge is -2.18. The molecule has 1 unspecified atom stereocenters. The molecule has 25 heavy (non-hydrogen) atoms. The van der Waals surface area contributed by atoms with Crippen LogP contribution < -0.4 is 10.6 Å². The summed E-state index contributed by atoms with van der Waals surface area (Å²) in [6.07, 6.45) is 2.94. The van der Waals surface area contributed by atoms with Crippen molar-refractivity contribution in [2.75, 3.05) is 24.6 Å². The van der Waals surface area contributed by atoms with Crippen LogP contribution in [0.4, 0.5) is 0 Å². The van der Waals surface area contributed by atoms with Gasteiger partial charge in [0, 0.05) is 22.5 Å². The summed E-state index contributed by atoms with van der Waals surface area (Å²) in [5.74, 6) is 1.20.